The van der Waals surface area contributed by atoms with Crippen LogP contribution in [0.2, 0.25) is 0 Å². The van der Waals surface area contributed by atoms with Crippen molar-refractivity contribution < 1.29 is 8.42 Å². The summed E-state index contributed by atoms with van der Waals surface area (Å²) in [6, 6.07) is 0.603. The quantitative estimate of drug-likeness (QED) is 0.716. The number of rotatable bonds is 3. The van der Waals surface area contributed by atoms with Crippen LogP contribution in [0.3, 0.4) is 0 Å². The molecule has 2 N–H and O–H groups in total. The molecule has 2 fully saturated rings. The lowest BCUT2D eigenvalue weighted by atomic mass is 9.78. The molecule has 16 heavy (non-hydrogen) atoms. The minimum Gasteiger partial charge on any atom is -0.330 e. The molecule has 1 saturated heterocycles. The van der Waals surface area contributed by atoms with Gasteiger partial charge in [0.05, 0.1) is 6.26 Å². The third kappa shape index (κ3) is 2.40. The van der Waals surface area contributed by atoms with Crippen molar-refractivity contribution in [1.29, 1.82) is 0 Å². The lowest BCUT2D eigenvalue weighted by Crippen LogP contribution is -2.57. The van der Waals surface area contributed by atoms with Crippen molar-refractivity contribution >= 4 is 10.0 Å². The first-order valence-electron chi connectivity index (χ1n) is 5.91. The van der Waals surface area contributed by atoms with Gasteiger partial charge in [-0.15, -0.1) is 0 Å². The van der Waals surface area contributed by atoms with Crippen LogP contribution in [0.5, 0.6) is 0 Å². The Morgan fingerprint density at radius 2 is 1.81 bits per heavy atom. The van der Waals surface area contributed by atoms with Gasteiger partial charge in [0.15, 0.2) is 0 Å². The predicted octanol–water partition coefficient (Wildman–Crippen LogP) is -0.699. The van der Waals surface area contributed by atoms with Crippen molar-refractivity contribution in [3.05, 3.63) is 0 Å². The standard InChI is InChI=1S/C10H21N3O2S/c1-16(14,15)13-6-4-12(5-7-13)10-3-2-9(10)8-11/h9-10H,2-8,11H2,1H3. The number of hydrogen-bond acceptors (Lipinski definition) is 4. The van der Waals surface area contributed by atoms with E-state index < -0.39 is 10.0 Å². The number of nitrogens with zero attached hydrogens (tertiary/aromatic N) is 2. The predicted molar refractivity (Wildman–Crippen MR) is 63.6 cm³/mol. The molecule has 0 radical (unpaired) electrons. The molecule has 0 spiro atoms. The summed E-state index contributed by atoms with van der Waals surface area (Å²) in [5, 5.41) is 0. The minimum atomic E-state index is -3.00. The number of piperazine rings is 1. The molecule has 2 unspecified atom stereocenters. The molecule has 2 aliphatic rings. The minimum absolute atomic E-state index is 0.603. The van der Waals surface area contributed by atoms with Gasteiger partial charge >= 0.3 is 0 Å². The maximum absolute atomic E-state index is 11.4. The Bertz CT molecular complexity index is 334. The molecule has 5 nitrogen and oxygen atoms in total. The summed E-state index contributed by atoms with van der Waals surface area (Å²) in [6.45, 7) is 3.73. The van der Waals surface area contributed by atoms with Crippen LogP contribution in [0.1, 0.15) is 12.8 Å². The van der Waals surface area contributed by atoms with Gasteiger partial charge in [-0.2, -0.15) is 4.31 Å². The van der Waals surface area contributed by atoms with Gasteiger partial charge in [0.2, 0.25) is 10.0 Å². The molecule has 0 aromatic carbocycles. The van der Waals surface area contributed by atoms with Crippen molar-refractivity contribution in [3.63, 3.8) is 0 Å². The zero-order valence-corrected chi connectivity index (χ0v) is 10.6. The molecule has 1 saturated carbocycles. The molecule has 2 atom stereocenters. The second kappa shape index (κ2) is 4.60. The second-order valence-electron chi connectivity index (χ2n) is 4.84. The number of nitrogens with two attached hydrogens (primary N) is 1. The third-order valence-corrected chi connectivity index (χ3v) is 5.19. The van der Waals surface area contributed by atoms with Crippen molar-refractivity contribution in [2.45, 2.75) is 18.9 Å². The first-order chi connectivity index (χ1) is 7.52. The van der Waals surface area contributed by atoms with E-state index in [1.54, 1.807) is 4.31 Å². The fourth-order valence-corrected chi connectivity index (χ4v) is 3.50. The summed E-state index contributed by atoms with van der Waals surface area (Å²) >= 11 is 0. The average molecular weight is 247 g/mol. The van der Waals surface area contributed by atoms with E-state index >= 15 is 0 Å². The Labute approximate surface area is 97.6 Å². The van der Waals surface area contributed by atoms with Crippen molar-refractivity contribution in [1.82, 2.24) is 9.21 Å². The van der Waals surface area contributed by atoms with Crippen LogP contribution in [-0.4, -0.2) is 62.6 Å². The van der Waals surface area contributed by atoms with Crippen LogP contribution >= 0.6 is 0 Å². The molecule has 0 aromatic rings. The summed E-state index contributed by atoms with van der Waals surface area (Å²) in [6.07, 6.45) is 3.74. The van der Waals surface area contributed by atoms with Gasteiger partial charge in [-0.3, -0.25) is 4.90 Å². The number of sulfonamides is 1. The van der Waals surface area contributed by atoms with E-state index in [1.807, 2.05) is 0 Å². The zero-order valence-electron chi connectivity index (χ0n) is 9.80. The summed E-state index contributed by atoms with van der Waals surface area (Å²) in [5.74, 6) is 0.629. The summed E-state index contributed by atoms with van der Waals surface area (Å²) < 4.78 is 24.3. The van der Waals surface area contributed by atoms with Crippen LogP contribution in [0.25, 0.3) is 0 Å². The van der Waals surface area contributed by atoms with Gasteiger partial charge in [0.1, 0.15) is 0 Å². The Kier molecular flexibility index (Phi) is 3.53. The maximum Gasteiger partial charge on any atom is 0.211 e. The SMILES string of the molecule is CS(=O)(=O)N1CCN(C2CCC2CN)CC1. The van der Waals surface area contributed by atoms with Gasteiger partial charge in [-0.1, -0.05) is 0 Å². The van der Waals surface area contributed by atoms with Crippen molar-refractivity contribution in [3.8, 4) is 0 Å². The second-order valence-corrected chi connectivity index (χ2v) is 6.82. The first kappa shape index (κ1) is 12.3. The highest BCUT2D eigenvalue weighted by Gasteiger charge is 2.36. The lowest BCUT2D eigenvalue weighted by Gasteiger charge is -2.47. The largest absolute Gasteiger partial charge is 0.330 e. The van der Waals surface area contributed by atoms with Gasteiger partial charge in [-0.05, 0) is 25.3 Å². The maximum atomic E-state index is 11.4. The van der Waals surface area contributed by atoms with E-state index in [1.165, 1.54) is 19.1 Å². The fraction of sp³-hybridized carbons (Fsp3) is 1.00. The highest BCUT2D eigenvalue weighted by atomic mass is 32.2. The van der Waals surface area contributed by atoms with Gasteiger partial charge in [0.25, 0.3) is 0 Å². The van der Waals surface area contributed by atoms with Crippen LogP contribution < -0.4 is 5.73 Å². The Morgan fingerprint density at radius 3 is 2.19 bits per heavy atom. The Balaban J connectivity index is 1.86. The van der Waals surface area contributed by atoms with Gasteiger partial charge < -0.3 is 5.73 Å². The first-order valence-corrected chi connectivity index (χ1v) is 7.76. The van der Waals surface area contributed by atoms with Crippen molar-refractivity contribution in [2.75, 3.05) is 39.0 Å². The Hall–Kier alpha value is -0.170. The average Bonchev–Trinajstić information content (AvgIpc) is 2.16. The molecule has 94 valence electrons. The fourth-order valence-electron chi connectivity index (χ4n) is 2.67. The molecule has 1 heterocycles. The normalized spacial score (nSPS) is 33.6. The smallest absolute Gasteiger partial charge is 0.211 e. The highest BCUT2D eigenvalue weighted by molar-refractivity contribution is 7.88. The highest BCUT2D eigenvalue weighted by Crippen LogP contribution is 2.31. The van der Waals surface area contributed by atoms with E-state index in [4.69, 9.17) is 5.73 Å². The van der Waals surface area contributed by atoms with Crippen molar-refractivity contribution in [2.24, 2.45) is 11.7 Å². The molecular weight excluding hydrogens is 226 g/mol. The van der Waals surface area contributed by atoms with Gasteiger partial charge in [-0.25, -0.2) is 8.42 Å². The van der Waals surface area contributed by atoms with E-state index in [-0.39, 0.29) is 0 Å². The van der Waals surface area contributed by atoms with E-state index in [9.17, 15) is 8.42 Å². The van der Waals surface area contributed by atoms with Crippen LogP contribution in [0.4, 0.5) is 0 Å². The summed E-state index contributed by atoms with van der Waals surface area (Å²) in [4.78, 5) is 2.41. The van der Waals surface area contributed by atoms with E-state index in [2.05, 4.69) is 4.90 Å². The third-order valence-electron chi connectivity index (χ3n) is 3.89. The monoisotopic (exact) mass is 247 g/mol. The molecule has 6 heteroatoms. The van der Waals surface area contributed by atoms with E-state index in [0.717, 1.165) is 19.6 Å². The Morgan fingerprint density at radius 1 is 1.19 bits per heavy atom. The van der Waals surface area contributed by atoms with Crippen LogP contribution in [-0.2, 0) is 10.0 Å². The van der Waals surface area contributed by atoms with Gasteiger partial charge in [0, 0.05) is 32.2 Å². The van der Waals surface area contributed by atoms with Crippen LogP contribution in [0.15, 0.2) is 0 Å². The summed E-state index contributed by atoms with van der Waals surface area (Å²) in [5.41, 5.74) is 5.69. The molecule has 0 amide bonds. The molecular formula is C10H21N3O2S. The molecule has 1 aliphatic heterocycles. The molecule has 1 aliphatic carbocycles. The molecule has 0 aromatic heterocycles. The van der Waals surface area contributed by atoms with E-state index in [0.29, 0.717) is 25.0 Å². The molecule has 0 bridgehead atoms. The zero-order chi connectivity index (χ0) is 11.8. The molecule has 2 rings (SSSR count). The number of hydrogen-bond donors (Lipinski definition) is 1. The topological polar surface area (TPSA) is 66.6 Å². The lowest BCUT2D eigenvalue weighted by molar-refractivity contribution is 0.0418. The van der Waals surface area contributed by atoms with Crippen LogP contribution in [0, 0.1) is 5.92 Å². The summed E-state index contributed by atoms with van der Waals surface area (Å²) in [7, 11) is -3.00.